The van der Waals surface area contributed by atoms with E-state index in [4.69, 9.17) is 4.74 Å². The molecule has 0 radical (unpaired) electrons. The number of esters is 1. The van der Waals surface area contributed by atoms with E-state index in [1.54, 1.807) is 50.6 Å². The molecule has 0 amide bonds. The van der Waals surface area contributed by atoms with Gasteiger partial charge in [0.25, 0.3) is 0 Å². The lowest BCUT2D eigenvalue weighted by Crippen LogP contribution is -2.37. The average molecular weight is 419 g/mol. The molecular formula is C21H26N2O5S. The molecule has 1 aliphatic rings. The molecule has 0 bridgehead atoms. The van der Waals surface area contributed by atoms with Crippen molar-refractivity contribution in [3.63, 3.8) is 0 Å². The second kappa shape index (κ2) is 8.12. The first-order valence-electron chi connectivity index (χ1n) is 9.63. The first kappa shape index (κ1) is 21.3. The Morgan fingerprint density at radius 2 is 1.79 bits per heavy atom. The van der Waals surface area contributed by atoms with E-state index >= 15 is 0 Å². The first-order chi connectivity index (χ1) is 13.7. The molecule has 0 unspecified atom stereocenters. The Morgan fingerprint density at radius 3 is 2.34 bits per heavy atom. The second-order valence-corrected chi connectivity index (χ2v) is 9.12. The molecule has 0 aliphatic heterocycles. The molecule has 1 saturated carbocycles. The summed E-state index contributed by atoms with van der Waals surface area (Å²) in [5, 5.41) is 0. The molecule has 1 aromatic carbocycles. The summed E-state index contributed by atoms with van der Waals surface area (Å²) in [6.07, 6.45) is 1.47. The fourth-order valence-corrected chi connectivity index (χ4v) is 5.26. The Balaban J connectivity index is 1.95. The Morgan fingerprint density at radius 1 is 1.17 bits per heavy atom. The molecule has 3 rings (SSSR count). The van der Waals surface area contributed by atoms with Crippen molar-refractivity contribution in [2.45, 2.75) is 44.6 Å². The van der Waals surface area contributed by atoms with E-state index in [0.29, 0.717) is 22.5 Å². The highest BCUT2D eigenvalue weighted by Crippen LogP contribution is 2.33. The minimum absolute atomic E-state index is 0.169. The molecule has 1 fully saturated rings. The summed E-state index contributed by atoms with van der Waals surface area (Å²) < 4.78 is 34.2. The monoisotopic (exact) mass is 418 g/mol. The Bertz CT molecular complexity index is 1040. The van der Waals surface area contributed by atoms with Crippen LogP contribution in [0.25, 0.3) is 0 Å². The van der Waals surface area contributed by atoms with E-state index in [0.717, 1.165) is 12.8 Å². The number of aromatic nitrogens is 1. The van der Waals surface area contributed by atoms with Gasteiger partial charge < -0.3 is 9.30 Å². The number of carbonyl (C=O) groups is 2. The van der Waals surface area contributed by atoms with Crippen LogP contribution in [0.5, 0.6) is 0 Å². The lowest BCUT2D eigenvalue weighted by atomic mass is 10.1. The van der Waals surface area contributed by atoms with Gasteiger partial charge in [0.1, 0.15) is 5.69 Å². The quantitative estimate of drug-likeness (QED) is 0.486. The van der Waals surface area contributed by atoms with Crippen molar-refractivity contribution in [1.82, 2.24) is 8.87 Å². The third-order valence-corrected chi connectivity index (χ3v) is 7.19. The van der Waals surface area contributed by atoms with Crippen molar-refractivity contribution in [3.8, 4) is 0 Å². The summed E-state index contributed by atoms with van der Waals surface area (Å²) in [5.74, 6) is -0.817. The van der Waals surface area contributed by atoms with Crippen molar-refractivity contribution in [1.29, 1.82) is 0 Å². The summed E-state index contributed by atoms with van der Waals surface area (Å²) in [4.78, 5) is 25.7. The van der Waals surface area contributed by atoms with Gasteiger partial charge in [-0.15, -0.1) is 0 Å². The number of hydrogen-bond acceptors (Lipinski definition) is 5. The molecule has 29 heavy (non-hydrogen) atoms. The fraction of sp³-hybridized carbons (Fsp3) is 0.429. The predicted octanol–water partition coefficient (Wildman–Crippen LogP) is 2.85. The fourth-order valence-electron chi connectivity index (χ4n) is 3.60. The van der Waals surface area contributed by atoms with E-state index in [1.165, 1.54) is 16.4 Å². The highest BCUT2D eigenvalue weighted by Gasteiger charge is 2.40. The van der Waals surface area contributed by atoms with Crippen molar-refractivity contribution in [2.24, 2.45) is 7.05 Å². The van der Waals surface area contributed by atoms with Gasteiger partial charge in [-0.25, -0.2) is 13.2 Å². The number of rotatable bonds is 8. The van der Waals surface area contributed by atoms with E-state index in [2.05, 4.69) is 0 Å². The third-order valence-electron chi connectivity index (χ3n) is 5.28. The van der Waals surface area contributed by atoms with Gasteiger partial charge in [-0.3, -0.25) is 4.79 Å². The third kappa shape index (κ3) is 4.00. The predicted molar refractivity (Wildman–Crippen MR) is 109 cm³/mol. The van der Waals surface area contributed by atoms with Crippen LogP contribution in [-0.2, 0) is 21.8 Å². The SMILES string of the molecule is CCOC(=O)c1c(C)c(C(=O)CN(C2CC2)S(=O)(=O)c2ccccc2)c(C)n1C. The van der Waals surface area contributed by atoms with Crippen LogP contribution < -0.4 is 0 Å². The zero-order valence-electron chi connectivity index (χ0n) is 17.1. The first-order valence-corrected chi connectivity index (χ1v) is 11.1. The second-order valence-electron chi connectivity index (χ2n) is 7.23. The van der Waals surface area contributed by atoms with Crippen LogP contribution in [0.3, 0.4) is 0 Å². The maximum Gasteiger partial charge on any atom is 0.355 e. The number of hydrogen-bond donors (Lipinski definition) is 0. The van der Waals surface area contributed by atoms with Crippen molar-refractivity contribution >= 4 is 21.8 Å². The van der Waals surface area contributed by atoms with Crippen LogP contribution in [0.1, 0.15) is 51.9 Å². The summed E-state index contributed by atoms with van der Waals surface area (Å²) in [5.41, 5.74) is 1.82. The van der Waals surface area contributed by atoms with Crippen LogP contribution in [-0.4, -0.2) is 48.2 Å². The lowest BCUT2D eigenvalue weighted by molar-refractivity contribution is 0.0514. The Hall–Kier alpha value is -2.45. The van der Waals surface area contributed by atoms with Crippen LogP contribution in [0.15, 0.2) is 35.2 Å². The molecule has 156 valence electrons. The number of benzene rings is 1. The topological polar surface area (TPSA) is 85.7 Å². The molecule has 0 saturated heterocycles. The minimum Gasteiger partial charge on any atom is -0.461 e. The molecule has 0 N–H and O–H groups in total. The number of nitrogens with zero attached hydrogens (tertiary/aromatic N) is 2. The van der Waals surface area contributed by atoms with E-state index in [1.807, 2.05) is 0 Å². The van der Waals surface area contributed by atoms with Gasteiger partial charge in [0.2, 0.25) is 10.0 Å². The maximum atomic E-state index is 13.2. The molecule has 1 aromatic heterocycles. The van der Waals surface area contributed by atoms with Gasteiger partial charge in [0.05, 0.1) is 18.0 Å². The molecule has 0 atom stereocenters. The molecule has 2 aromatic rings. The molecule has 7 nitrogen and oxygen atoms in total. The Kier molecular flexibility index (Phi) is 5.95. The number of carbonyl (C=O) groups excluding carboxylic acids is 2. The number of sulfonamides is 1. The van der Waals surface area contributed by atoms with Gasteiger partial charge in [-0.05, 0) is 51.3 Å². The minimum atomic E-state index is -3.78. The average Bonchev–Trinajstić information content (AvgIpc) is 3.48. The standard InChI is InChI=1S/C21H26N2O5S/c1-5-28-21(25)20-14(2)19(15(3)22(20)4)18(24)13-23(16-11-12-16)29(26,27)17-9-7-6-8-10-17/h6-10,16H,5,11-13H2,1-4H3. The van der Waals surface area contributed by atoms with E-state index < -0.39 is 16.0 Å². The maximum absolute atomic E-state index is 13.2. The van der Waals surface area contributed by atoms with Gasteiger partial charge in [-0.2, -0.15) is 4.31 Å². The largest absolute Gasteiger partial charge is 0.461 e. The summed E-state index contributed by atoms with van der Waals surface area (Å²) in [6.45, 7) is 5.14. The molecule has 1 aliphatic carbocycles. The van der Waals surface area contributed by atoms with Crippen molar-refractivity contribution in [3.05, 3.63) is 52.8 Å². The van der Waals surface area contributed by atoms with Crippen LogP contribution in [0.2, 0.25) is 0 Å². The normalized spacial score (nSPS) is 14.2. The van der Waals surface area contributed by atoms with Crippen LogP contribution in [0, 0.1) is 13.8 Å². The van der Waals surface area contributed by atoms with Gasteiger partial charge in [-0.1, -0.05) is 18.2 Å². The highest BCUT2D eigenvalue weighted by atomic mass is 32.2. The van der Waals surface area contributed by atoms with Gasteiger partial charge in [0.15, 0.2) is 5.78 Å². The van der Waals surface area contributed by atoms with Crippen molar-refractivity contribution in [2.75, 3.05) is 13.2 Å². The zero-order chi connectivity index (χ0) is 21.3. The van der Waals surface area contributed by atoms with Gasteiger partial charge >= 0.3 is 5.97 Å². The summed E-state index contributed by atoms with van der Waals surface area (Å²) in [7, 11) is -2.08. The van der Waals surface area contributed by atoms with Crippen molar-refractivity contribution < 1.29 is 22.7 Å². The van der Waals surface area contributed by atoms with Crippen LogP contribution >= 0.6 is 0 Å². The van der Waals surface area contributed by atoms with Crippen LogP contribution in [0.4, 0.5) is 0 Å². The Labute approximate surface area is 171 Å². The summed E-state index contributed by atoms with van der Waals surface area (Å²) >= 11 is 0. The number of Topliss-reactive ketones (excluding diaryl/α,β-unsaturated/α-hetero) is 1. The lowest BCUT2D eigenvalue weighted by Gasteiger charge is -2.21. The highest BCUT2D eigenvalue weighted by molar-refractivity contribution is 7.89. The summed E-state index contributed by atoms with van der Waals surface area (Å²) in [6, 6.07) is 7.98. The zero-order valence-corrected chi connectivity index (χ0v) is 18.0. The molecule has 0 spiro atoms. The molecule has 8 heteroatoms. The van der Waals surface area contributed by atoms with E-state index in [-0.39, 0.29) is 29.9 Å². The van der Waals surface area contributed by atoms with E-state index in [9.17, 15) is 18.0 Å². The number of ketones is 1. The number of ether oxygens (including phenoxy) is 1. The van der Waals surface area contributed by atoms with Gasteiger partial charge in [0, 0.05) is 24.3 Å². The molecular weight excluding hydrogens is 392 g/mol. The molecule has 1 heterocycles. The smallest absolute Gasteiger partial charge is 0.355 e.